The molecule has 2 amide bonds. The molecule has 5 nitrogen and oxygen atoms in total. The molecule has 2 heterocycles. The third-order valence-electron chi connectivity index (χ3n) is 4.14. The largest absolute Gasteiger partial charge is 0.376 e. The number of carbonyl (C=O) groups is 2. The normalized spacial score (nSPS) is 32.2. The van der Waals surface area contributed by atoms with Crippen LogP contribution in [0, 0.1) is 5.41 Å². The second-order valence-corrected chi connectivity index (χ2v) is 7.05. The third kappa shape index (κ3) is 3.32. The molecule has 1 N–H and O–H groups in total. The van der Waals surface area contributed by atoms with Gasteiger partial charge in [0.1, 0.15) is 6.04 Å². The maximum atomic E-state index is 12.8. The Kier molecular flexibility index (Phi) is 4.37. The molecule has 2 aliphatic rings. The van der Waals surface area contributed by atoms with Crippen LogP contribution in [0.25, 0.3) is 0 Å². The summed E-state index contributed by atoms with van der Waals surface area (Å²) in [7, 11) is 0. The van der Waals surface area contributed by atoms with Gasteiger partial charge in [0.25, 0.3) is 0 Å². The minimum atomic E-state index is -0.457. The maximum absolute atomic E-state index is 12.8. The lowest BCUT2D eigenvalue weighted by molar-refractivity contribution is -0.139. The fourth-order valence-electron chi connectivity index (χ4n) is 2.91. The molecule has 0 aliphatic carbocycles. The van der Waals surface area contributed by atoms with Crippen molar-refractivity contribution in [3.8, 4) is 0 Å². The second kappa shape index (κ2) is 5.72. The zero-order valence-corrected chi connectivity index (χ0v) is 12.9. The molecule has 3 unspecified atom stereocenters. The van der Waals surface area contributed by atoms with Gasteiger partial charge in [0, 0.05) is 25.6 Å². The predicted molar refractivity (Wildman–Crippen MR) is 76.2 cm³/mol. The monoisotopic (exact) mass is 282 g/mol. The maximum Gasteiger partial charge on any atom is 0.246 e. The molecule has 2 aliphatic heterocycles. The smallest absolute Gasteiger partial charge is 0.246 e. The van der Waals surface area contributed by atoms with Crippen LogP contribution < -0.4 is 5.32 Å². The van der Waals surface area contributed by atoms with Gasteiger partial charge in [0.15, 0.2) is 0 Å². The minimum absolute atomic E-state index is 0.0198. The van der Waals surface area contributed by atoms with Gasteiger partial charge in [-0.2, -0.15) is 0 Å². The molecule has 0 aromatic rings. The Morgan fingerprint density at radius 1 is 1.35 bits per heavy atom. The first-order valence-corrected chi connectivity index (χ1v) is 7.50. The standard InChI is InChI=1S/C15H26N2O3/c1-10-8-12(18)16-13(15(2,3)4)14(19)17(10)9-11-6-5-7-20-11/h10-11,13H,5-9H2,1-4H3,(H,16,18). The summed E-state index contributed by atoms with van der Waals surface area (Å²) in [6.45, 7) is 9.27. The van der Waals surface area contributed by atoms with Crippen molar-refractivity contribution in [3.05, 3.63) is 0 Å². The summed E-state index contributed by atoms with van der Waals surface area (Å²) in [4.78, 5) is 26.6. The third-order valence-corrected chi connectivity index (χ3v) is 4.14. The highest BCUT2D eigenvalue weighted by Gasteiger charge is 2.41. The Balaban J connectivity index is 2.18. The topological polar surface area (TPSA) is 58.6 Å². The van der Waals surface area contributed by atoms with E-state index in [0.29, 0.717) is 13.0 Å². The number of hydrogen-bond acceptors (Lipinski definition) is 3. The quantitative estimate of drug-likeness (QED) is 0.831. The van der Waals surface area contributed by atoms with Crippen LogP contribution in [0.5, 0.6) is 0 Å². The molecule has 0 saturated carbocycles. The highest BCUT2D eigenvalue weighted by molar-refractivity contribution is 5.91. The van der Waals surface area contributed by atoms with E-state index in [1.807, 2.05) is 32.6 Å². The van der Waals surface area contributed by atoms with Gasteiger partial charge in [-0.3, -0.25) is 9.59 Å². The van der Waals surface area contributed by atoms with Gasteiger partial charge in [-0.15, -0.1) is 0 Å². The van der Waals surface area contributed by atoms with E-state index in [1.54, 1.807) is 0 Å². The van der Waals surface area contributed by atoms with Crippen molar-refractivity contribution in [3.63, 3.8) is 0 Å². The average Bonchev–Trinajstić information content (AvgIpc) is 2.79. The number of amides is 2. The van der Waals surface area contributed by atoms with E-state index < -0.39 is 6.04 Å². The van der Waals surface area contributed by atoms with Crippen LogP contribution in [0.2, 0.25) is 0 Å². The van der Waals surface area contributed by atoms with Crippen LogP contribution >= 0.6 is 0 Å². The summed E-state index contributed by atoms with van der Waals surface area (Å²) in [5.74, 6) is -0.0213. The highest BCUT2D eigenvalue weighted by Crippen LogP contribution is 2.26. The van der Waals surface area contributed by atoms with E-state index in [0.717, 1.165) is 19.4 Å². The van der Waals surface area contributed by atoms with E-state index in [-0.39, 0.29) is 29.4 Å². The number of rotatable bonds is 2. The van der Waals surface area contributed by atoms with Gasteiger partial charge < -0.3 is 15.0 Å². The highest BCUT2D eigenvalue weighted by atomic mass is 16.5. The van der Waals surface area contributed by atoms with E-state index in [1.165, 1.54) is 0 Å². The molecule has 0 aromatic carbocycles. The second-order valence-electron chi connectivity index (χ2n) is 7.05. The van der Waals surface area contributed by atoms with Crippen molar-refractivity contribution in [1.82, 2.24) is 10.2 Å². The minimum Gasteiger partial charge on any atom is -0.376 e. The first-order chi connectivity index (χ1) is 9.29. The summed E-state index contributed by atoms with van der Waals surface area (Å²) < 4.78 is 5.64. The number of nitrogens with one attached hydrogen (secondary N) is 1. The van der Waals surface area contributed by atoms with E-state index in [9.17, 15) is 9.59 Å². The van der Waals surface area contributed by atoms with Crippen LogP contribution in [-0.2, 0) is 14.3 Å². The van der Waals surface area contributed by atoms with Crippen molar-refractivity contribution >= 4 is 11.8 Å². The number of nitrogens with zero attached hydrogens (tertiary/aromatic N) is 1. The van der Waals surface area contributed by atoms with Gasteiger partial charge >= 0.3 is 0 Å². The lowest BCUT2D eigenvalue weighted by Crippen LogP contribution is -2.54. The number of carbonyl (C=O) groups excluding carboxylic acids is 2. The molecule has 5 heteroatoms. The molecular formula is C15H26N2O3. The zero-order valence-electron chi connectivity index (χ0n) is 12.9. The molecule has 0 radical (unpaired) electrons. The molecule has 20 heavy (non-hydrogen) atoms. The SMILES string of the molecule is CC1CC(=O)NC(C(C)(C)C)C(=O)N1CC1CCCO1. The van der Waals surface area contributed by atoms with Crippen molar-refractivity contribution in [1.29, 1.82) is 0 Å². The van der Waals surface area contributed by atoms with Crippen molar-refractivity contribution in [2.24, 2.45) is 5.41 Å². The summed E-state index contributed by atoms with van der Waals surface area (Å²) in [6.07, 6.45) is 2.54. The van der Waals surface area contributed by atoms with Crippen molar-refractivity contribution in [2.45, 2.75) is 65.1 Å². The van der Waals surface area contributed by atoms with Crippen LogP contribution in [0.15, 0.2) is 0 Å². The lowest BCUT2D eigenvalue weighted by Gasteiger charge is -2.35. The Bertz CT molecular complexity index is 383. The molecule has 0 spiro atoms. The van der Waals surface area contributed by atoms with Crippen LogP contribution in [0.4, 0.5) is 0 Å². The van der Waals surface area contributed by atoms with Gasteiger partial charge in [-0.05, 0) is 25.2 Å². The Hall–Kier alpha value is -1.10. The molecule has 114 valence electrons. The molecule has 0 aromatic heterocycles. The Labute approximate surface area is 121 Å². The summed E-state index contributed by atoms with van der Waals surface area (Å²) >= 11 is 0. The number of hydrogen-bond donors (Lipinski definition) is 1. The summed E-state index contributed by atoms with van der Waals surface area (Å²) in [5, 5.41) is 2.88. The van der Waals surface area contributed by atoms with Crippen molar-refractivity contribution in [2.75, 3.05) is 13.2 Å². The van der Waals surface area contributed by atoms with Crippen LogP contribution in [-0.4, -0.2) is 48.1 Å². The fourth-order valence-corrected chi connectivity index (χ4v) is 2.91. The first-order valence-electron chi connectivity index (χ1n) is 7.50. The Morgan fingerprint density at radius 3 is 2.60 bits per heavy atom. The van der Waals surface area contributed by atoms with Crippen LogP contribution in [0.1, 0.15) is 47.0 Å². The van der Waals surface area contributed by atoms with Gasteiger partial charge in [0.2, 0.25) is 11.8 Å². The van der Waals surface area contributed by atoms with Crippen molar-refractivity contribution < 1.29 is 14.3 Å². The zero-order chi connectivity index (χ0) is 14.9. The van der Waals surface area contributed by atoms with Gasteiger partial charge in [-0.1, -0.05) is 20.8 Å². The average molecular weight is 282 g/mol. The number of ether oxygens (including phenoxy) is 1. The lowest BCUT2D eigenvalue weighted by atomic mass is 9.86. The van der Waals surface area contributed by atoms with E-state index in [2.05, 4.69) is 5.32 Å². The fraction of sp³-hybridized carbons (Fsp3) is 0.867. The molecule has 2 rings (SSSR count). The molecular weight excluding hydrogens is 256 g/mol. The summed E-state index contributed by atoms with van der Waals surface area (Å²) in [6, 6.07) is -0.527. The molecule has 3 atom stereocenters. The van der Waals surface area contributed by atoms with E-state index >= 15 is 0 Å². The first kappa shape index (κ1) is 15.3. The molecule has 2 fully saturated rings. The van der Waals surface area contributed by atoms with E-state index in [4.69, 9.17) is 4.74 Å². The Morgan fingerprint density at radius 2 is 2.05 bits per heavy atom. The van der Waals surface area contributed by atoms with Gasteiger partial charge in [-0.25, -0.2) is 0 Å². The van der Waals surface area contributed by atoms with Crippen LogP contribution in [0.3, 0.4) is 0 Å². The predicted octanol–water partition coefficient (Wildman–Crippen LogP) is 1.32. The molecule has 2 saturated heterocycles. The summed E-state index contributed by atoms with van der Waals surface area (Å²) in [5.41, 5.74) is -0.286. The van der Waals surface area contributed by atoms with Gasteiger partial charge in [0.05, 0.1) is 6.10 Å². The molecule has 0 bridgehead atoms.